The number of carbonyl (C=O) groups excluding carboxylic acids is 1. The van der Waals surface area contributed by atoms with E-state index in [0.29, 0.717) is 4.32 Å². The van der Waals surface area contributed by atoms with Gasteiger partial charge in [0.15, 0.2) is 4.32 Å². The van der Waals surface area contributed by atoms with Gasteiger partial charge in [0.2, 0.25) is 0 Å². The summed E-state index contributed by atoms with van der Waals surface area (Å²) in [6.45, 7) is 7.05. The summed E-state index contributed by atoms with van der Waals surface area (Å²) in [5, 5.41) is 1.92. The first-order valence-electron chi connectivity index (χ1n) is 4.00. The second-order valence-corrected chi connectivity index (χ2v) is 3.64. The highest BCUT2D eigenvalue weighted by molar-refractivity contribution is 8.20. The van der Waals surface area contributed by atoms with Crippen LogP contribution in [0.4, 0.5) is 0 Å². The molecule has 0 rings (SSSR count). The molecule has 0 amide bonds. The molecule has 0 heterocycles. The number of rotatable bonds is 3. The molecule has 0 aliphatic heterocycles. The lowest BCUT2D eigenvalue weighted by Crippen LogP contribution is -2.39. The van der Waals surface area contributed by atoms with Crippen molar-refractivity contribution in [2.24, 2.45) is 0 Å². The Balaban J connectivity index is 3.66. The normalized spacial score (nSPS) is 9.85. The first-order valence-corrected chi connectivity index (χ1v) is 5.15. The van der Waals surface area contributed by atoms with Gasteiger partial charge in [0, 0.05) is 20.0 Å². The molecule has 0 unspecified atom stereocenters. The zero-order valence-electron chi connectivity index (χ0n) is 7.99. The van der Waals surface area contributed by atoms with Crippen LogP contribution in [0, 0.1) is 0 Å². The van der Waals surface area contributed by atoms with Crippen molar-refractivity contribution < 1.29 is 8.98 Å². The van der Waals surface area contributed by atoms with Gasteiger partial charge in [-0.3, -0.25) is 4.79 Å². The van der Waals surface area contributed by atoms with Crippen molar-refractivity contribution in [3.8, 4) is 0 Å². The van der Waals surface area contributed by atoms with Crippen molar-refractivity contribution in [1.82, 2.24) is 10.4 Å². The average Bonchev–Trinajstić information content (AvgIpc) is 2.10. The molecule has 0 aliphatic rings. The van der Waals surface area contributed by atoms with Gasteiger partial charge in [-0.25, -0.2) is 5.01 Å². The van der Waals surface area contributed by atoms with Gasteiger partial charge in [0.25, 0.3) is 0 Å². The standard InChI is InChI=1S/C7H14N2O2S2/c1-4-9(5-2)8-7(12)13-11-6(3)10/h4-5H2,1-3H3,(H,8,12). The number of thiocarbonyl (C=S) groups is 1. The fourth-order valence-corrected chi connectivity index (χ4v) is 1.22. The molecule has 0 atom stereocenters. The third kappa shape index (κ3) is 6.80. The van der Waals surface area contributed by atoms with E-state index in [9.17, 15) is 4.79 Å². The molecule has 1 N–H and O–H groups in total. The summed E-state index contributed by atoms with van der Waals surface area (Å²) < 4.78 is 5.08. The Morgan fingerprint density at radius 3 is 2.46 bits per heavy atom. The highest BCUT2D eigenvalue weighted by Crippen LogP contribution is 2.04. The van der Waals surface area contributed by atoms with Gasteiger partial charge in [0.05, 0.1) is 0 Å². The summed E-state index contributed by atoms with van der Waals surface area (Å²) in [4.78, 5) is 10.4. The largest absolute Gasteiger partial charge is 0.384 e. The van der Waals surface area contributed by atoms with Crippen molar-refractivity contribution in [2.45, 2.75) is 20.8 Å². The minimum absolute atomic E-state index is 0.353. The molecule has 0 aromatic rings. The van der Waals surface area contributed by atoms with Gasteiger partial charge < -0.3 is 9.61 Å². The van der Waals surface area contributed by atoms with Gasteiger partial charge in [-0.2, -0.15) is 0 Å². The molecule has 6 heteroatoms. The summed E-state index contributed by atoms with van der Waals surface area (Å²) in [5.74, 6) is -0.353. The molecule has 13 heavy (non-hydrogen) atoms. The Morgan fingerprint density at radius 1 is 1.54 bits per heavy atom. The lowest BCUT2D eigenvalue weighted by atomic mass is 10.6. The monoisotopic (exact) mass is 222 g/mol. The SMILES string of the molecule is CCN(CC)NC(=S)SOC(C)=O. The van der Waals surface area contributed by atoms with Crippen LogP contribution in [0.25, 0.3) is 0 Å². The van der Waals surface area contributed by atoms with E-state index >= 15 is 0 Å². The van der Waals surface area contributed by atoms with Crippen LogP contribution in [0.5, 0.6) is 0 Å². The summed E-state index contributed by atoms with van der Waals surface area (Å²) in [7, 11) is 0. The number of nitrogens with zero attached hydrogens (tertiary/aromatic N) is 1. The molecule has 0 fully saturated rings. The van der Waals surface area contributed by atoms with E-state index in [1.807, 2.05) is 18.9 Å². The first kappa shape index (κ1) is 12.7. The van der Waals surface area contributed by atoms with E-state index in [4.69, 9.17) is 12.2 Å². The Bertz CT molecular complexity index is 183. The summed E-state index contributed by atoms with van der Waals surface area (Å²) >= 11 is 5.79. The molecule has 0 aromatic carbocycles. The molecule has 4 nitrogen and oxygen atoms in total. The average molecular weight is 222 g/mol. The van der Waals surface area contributed by atoms with Crippen molar-refractivity contribution in [3.63, 3.8) is 0 Å². The molecule has 0 bridgehead atoms. The number of carbonyl (C=O) groups is 1. The Kier molecular flexibility index (Phi) is 6.93. The minimum atomic E-state index is -0.353. The zero-order chi connectivity index (χ0) is 10.3. The third-order valence-electron chi connectivity index (χ3n) is 1.25. The molecule has 0 saturated heterocycles. The van der Waals surface area contributed by atoms with E-state index in [1.54, 1.807) is 0 Å². The highest BCUT2D eigenvalue weighted by Gasteiger charge is 2.04. The minimum Gasteiger partial charge on any atom is -0.384 e. The van der Waals surface area contributed by atoms with Crippen molar-refractivity contribution in [3.05, 3.63) is 0 Å². The maximum Gasteiger partial charge on any atom is 0.315 e. The van der Waals surface area contributed by atoms with Gasteiger partial charge in [-0.05, 0) is 12.2 Å². The maximum atomic E-state index is 10.4. The Morgan fingerprint density at radius 2 is 2.08 bits per heavy atom. The lowest BCUT2D eigenvalue weighted by molar-refractivity contribution is -0.130. The van der Waals surface area contributed by atoms with Gasteiger partial charge >= 0.3 is 5.97 Å². The smallest absolute Gasteiger partial charge is 0.315 e. The molecule has 0 spiro atoms. The highest BCUT2D eigenvalue weighted by atomic mass is 32.2. The zero-order valence-corrected chi connectivity index (χ0v) is 9.63. The summed E-state index contributed by atoms with van der Waals surface area (Å²) in [6, 6.07) is 0. The van der Waals surface area contributed by atoms with Gasteiger partial charge in [-0.15, -0.1) is 0 Å². The van der Waals surface area contributed by atoms with Crippen molar-refractivity contribution >= 4 is 34.6 Å². The second kappa shape index (κ2) is 7.11. The number of hydrogen-bond donors (Lipinski definition) is 1. The van der Waals surface area contributed by atoms with Crippen LogP contribution in [0.3, 0.4) is 0 Å². The van der Waals surface area contributed by atoms with Crippen LogP contribution in [-0.4, -0.2) is 28.4 Å². The Hall–Kier alpha value is -0.330. The third-order valence-corrected chi connectivity index (χ3v) is 2.10. The van der Waals surface area contributed by atoms with Crippen LogP contribution in [0.2, 0.25) is 0 Å². The van der Waals surface area contributed by atoms with E-state index in [2.05, 4.69) is 9.61 Å². The fraction of sp³-hybridized carbons (Fsp3) is 0.714. The molecule has 0 aliphatic carbocycles. The predicted octanol–water partition coefficient (Wildman–Crippen LogP) is 1.33. The van der Waals surface area contributed by atoms with E-state index < -0.39 is 0 Å². The van der Waals surface area contributed by atoms with Crippen LogP contribution < -0.4 is 5.43 Å². The number of nitrogens with one attached hydrogen (secondary N) is 1. The van der Waals surface area contributed by atoms with Crippen molar-refractivity contribution in [1.29, 1.82) is 0 Å². The molecular weight excluding hydrogens is 208 g/mol. The molecule has 0 saturated carbocycles. The molecule has 0 radical (unpaired) electrons. The van der Waals surface area contributed by atoms with Crippen LogP contribution in [0.1, 0.15) is 20.8 Å². The summed E-state index contributed by atoms with van der Waals surface area (Å²) in [5.41, 5.74) is 2.92. The van der Waals surface area contributed by atoms with Crippen LogP contribution in [-0.2, 0) is 8.98 Å². The number of hydrazine groups is 1. The van der Waals surface area contributed by atoms with E-state index in [1.165, 1.54) is 6.92 Å². The summed E-state index contributed by atoms with van der Waals surface area (Å²) in [6.07, 6.45) is 0. The number of hydrogen-bond acceptors (Lipinski definition) is 5. The first-order chi connectivity index (χ1) is 6.10. The second-order valence-electron chi connectivity index (χ2n) is 2.23. The molecule has 76 valence electrons. The maximum absolute atomic E-state index is 10.4. The van der Waals surface area contributed by atoms with Gasteiger partial charge in [-0.1, -0.05) is 13.8 Å². The Labute approximate surface area is 88.2 Å². The van der Waals surface area contributed by atoms with Gasteiger partial charge in [0.1, 0.15) is 12.0 Å². The predicted molar refractivity (Wildman–Crippen MR) is 58.0 cm³/mol. The van der Waals surface area contributed by atoms with Crippen LogP contribution in [0.15, 0.2) is 0 Å². The van der Waals surface area contributed by atoms with E-state index in [-0.39, 0.29) is 5.97 Å². The topological polar surface area (TPSA) is 41.6 Å². The lowest BCUT2D eigenvalue weighted by Gasteiger charge is -2.19. The molecule has 0 aromatic heterocycles. The molecular formula is C7H14N2O2S2. The van der Waals surface area contributed by atoms with E-state index in [0.717, 1.165) is 25.1 Å². The van der Waals surface area contributed by atoms with Crippen LogP contribution >= 0.6 is 24.3 Å². The quantitative estimate of drug-likeness (QED) is 0.441. The van der Waals surface area contributed by atoms with Crippen molar-refractivity contribution in [2.75, 3.05) is 13.1 Å². The fourth-order valence-electron chi connectivity index (χ4n) is 0.626.